The topological polar surface area (TPSA) is 237 Å². The number of hydrogen-bond acceptors (Lipinski definition) is 15. The molecule has 0 aliphatic carbocycles. The third kappa shape index (κ3) is 79.3. The SMILES string of the molecule is CCCCCCCCCCCCCCCCCC(=O)O[C@H](COC(=O)CCCCCCCCC(C)CC)COP(=O)(O)OC[C@H](O)COP(=O)(O)OC[C@@H](COC(=O)CCCCCCCCCCCCCCCCCCCCC(C)C)OC(=O)CCCCCCCCCCCCCCCCCCCCC(C)CC. The van der Waals surface area contributed by atoms with Crippen LogP contribution in [0.1, 0.15) is 472 Å². The van der Waals surface area contributed by atoms with Crippen molar-refractivity contribution < 1.29 is 80.2 Å². The lowest BCUT2D eigenvalue weighted by Gasteiger charge is -2.21. The molecule has 0 bridgehead atoms. The molecule has 0 saturated carbocycles. The van der Waals surface area contributed by atoms with E-state index < -0.39 is 97.5 Å². The Morgan fingerprint density at radius 3 is 0.704 bits per heavy atom. The molecule has 3 N–H and O–H groups in total. The highest BCUT2D eigenvalue weighted by atomic mass is 31.2. The van der Waals surface area contributed by atoms with Crippen LogP contribution in [0, 0.1) is 17.8 Å². The standard InChI is InChI=1S/C89H174O17P2/c1-8-11-12-13-14-15-16-17-26-34-39-44-49-58-65-73-89(94)106-85(77-100-87(92)71-64-57-52-51-55-62-69-82(7)10-3)79-104-108(97,98)102-75-83(90)74-101-107(95,96)103-78-84(76-99-86(91)70-63-56-48-43-38-33-29-24-20-18-22-27-31-36-41-46-53-60-67-80(4)5)105-88(93)72-66-59-50-45-40-35-30-25-21-19-23-28-32-37-42-47-54-61-68-81(6)9-2/h80-85,90H,8-79H2,1-7H3,(H,95,96)(H,97,98)/t81?,82?,83-,84-,85-/m1/s1. The second kappa shape index (κ2) is 78.9. The van der Waals surface area contributed by atoms with Crippen LogP contribution >= 0.6 is 15.6 Å². The minimum absolute atomic E-state index is 0.107. The van der Waals surface area contributed by atoms with E-state index in [0.29, 0.717) is 25.7 Å². The Labute approximate surface area is 664 Å². The number of phosphoric ester groups is 2. The number of aliphatic hydroxyl groups is 1. The molecule has 7 atom stereocenters. The van der Waals surface area contributed by atoms with Crippen LogP contribution in [0.5, 0.6) is 0 Å². The number of aliphatic hydroxyl groups excluding tert-OH is 1. The van der Waals surface area contributed by atoms with Crippen molar-refractivity contribution >= 4 is 39.5 Å². The maximum atomic E-state index is 13.2. The molecule has 0 heterocycles. The van der Waals surface area contributed by atoms with Crippen LogP contribution in [0.4, 0.5) is 0 Å². The number of esters is 4. The molecular weight excluding hydrogens is 1400 g/mol. The highest BCUT2D eigenvalue weighted by Crippen LogP contribution is 2.45. The van der Waals surface area contributed by atoms with Crippen LogP contribution in [-0.2, 0) is 65.4 Å². The highest BCUT2D eigenvalue weighted by Gasteiger charge is 2.31. The van der Waals surface area contributed by atoms with Crippen molar-refractivity contribution in [2.75, 3.05) is 39.6 Å². The predicted octanol–water partition coefficient (Wildman–Crippen LogP) is 27.3. The number of ether oxygens (including phenoxy) is 4. The number of hydrogen-bond donors (Lipinski definition) is 3. The fourth-order valence-corrected chi connectivity index (χ4v) is 15.4. The normalized spacial score (nSPS) is 14.3. The van der Waals surface area contributed by atoms with Crippen LogP contribution in [-0.4, -0.2) is 96.7 Å². The third-order valence-corrected chi connectivity index (χ3v) is 23.5. The van der Waals surface area contributed by atoms with Gasteiger partial charge in [-0.05, 0) is 43.4 Å². The largest absolute Gasteiger partial charge is 0.472 e. The van der Waals surface area contributed by atoms with Crippen molar-refractivity contribution in [3.63, 3.8) is 0 Å². The average Bonchev–Trinajstić information content (AvgIpc) is 0.900. The van der Waals surface area contributed by atoms with Gasteiger partial charge in [0.15, 0.2) is 12.2 Å². The maximum absolute atomic E-state index is 13.2. The van der Waals surface area contributed by atoms with Crippen molar-refractivity contribution in [2.45, 2.75) is 491 Å². The summed E-state index contributed by atoms with van der Waals surface area (Å²) in [4.78, 5) is 73.3. The summed E-state index contributed by atoms with van der Waals surface area (Å²) in [5.41, 5.74) is 0. The van der Waals surface area contributed by atoms with E-state index in [1.807, 2.05) is 0 Å². The summed E-state index contributed by atoms with van der Waals surface area (Å²) in [5.74, 6) is 0.323. The van der Waals surface area contributed by atoms with Gasteiger partial charge in [0.25, 0.3) is 0 Å². The molecule has 0 aliphatic heterocycles. The second-order valence-corrected chi connectivity index (χ2v) is 35.9. The van der Waals surface area contributed by atoms with E-state index in [1.54, 1.807) is 0 Å². The molecule has 17 nitrogen and oxygen atoms in total. The summed E-state index contributed by atoms with van der Waals surface area (Å²) in [7, 11) is -9.93. The van der Waals surface area contributed by atoms with Gasteiger partial charge in [0, 0.05) is 25.7 Å². The number of phosphoric acid groups is 2. The van der Waals surface area contributed by atoms with Gasteiger partial charge in [-0.25, -0.2) is 9.13 Å². The van der Waals surface area contributed by atoms with E-state index in [2.05, 4.69) is 48.5 Å². The Hall–Kier alpha value is -1.94. The molecule has 0 aliphatic rings. The van der Waals surface area contributed by atoms with Crippen molar-refractivity contribution in [3.05, 3.63) is 0 Å². The van der Waals surface area contributed by atoms with Gasteiger partial charge >= 0.3 is 39.5 Å². The van der Waals surface area contributed by atoms with Crippen LogP contribution in [0.15, 0.2) is 0 Å². The van der Waals surface area contributed by atoms with Crippen LogP contribution in [0.3, 0.4) is 0 Å². The number of rotatable bonds is 87. The van der Waals surface area contributed by atoms with Gasteiger partial charge in [-0.2, -0.15) is 0 Å². The molecule has 642 valence electrons. The molecule has 0 aromatic heterocycles. The molecule has 0 aromatic rings. The zero-order chi connectivity index (χ0) is 79.3. The second-order valence-electron chi connectivity index (χ2n) is 32.9. The van der Waals surface area contributed by atoms with Gasteiger partial charge in [-0.15, -0.1) is 0 Å². The van der Waals surface area contributed by atoms with E-state index >= 15 is 0 Å². The van der Waals surface area contributed by atoms with Gasteiger partial charge < -0.3 is 33.8 Å². The molecule has 0 spiro atoms. The Kier molecular flexibility index (Phi) is 77.5. The lowest BCUT2D eigenvalue weighted by atomic mass is 9.99. The summed E-state index contributed by atoms with van der Waals surface area (Å²) in [5, 5.41) is 10.7. The number of unbranched alkanes of at least 4 members (excludes halogenated alkanes) is 53. The molecule has 19 heteroatoms. The fourth-order valence-electron chi connectivity index (χ4n) is 13.8. The Bertz CT molecular complexity index is 2080. The molecule has 0 rings (SSSR count). The monoisotopic (exact) mass is 1580 g/mol. The molecule has 0 radical (unpaired) electrons. The Morgan fingerprint density at radius 2 is 0.472 bits per heavy atom. The zero-order valence-electron chi connectivity index (χ0n) is 71.3. The first-order valence-electron chi connectivity index (χ1n) is 45.9. The van der Waals surface area contributed by atoms with E-state index in [-0.39, 0.29) is 25.7 Å². The van der Waals surface area contributed by atoms with E-state index in [0.717, 1.165) is 114 Å². The minimum atomic E-state index is -4.97. The molecule has 4 unspecified atom stereocenters. The average molecular weight is 1580 g/mol. The fraction of sp³-hybridized carbons (Fsp3) is 0.955. The first-order valence-corrected chi connectivity index (χ1v) is 48.9. The zero-order valence-corrected chi connectivity index (χ0v) is 73.1. The quantitative estimate of drug-likeness (QED) is 0.0222. The van der Waals surface area contributed by atoms with E-state index in [4.69, 9.17) is 37.0 Å². The van der Waals surface area contributed by atoms with Crippen LogP contribution < -0.4 is 0 Å². The van der Waals surface area contributed by atoms with E-state index in [9.17, 15) is 43.2 Å². The summed E-state index contributed by atoms with van der Waals surface area (Å²) in [6, 6.07) is 0. The highest BCUT2D eigenvalue weighted by molar-refractivity contribution is 7.47. The Morgan fingerprint density at radius 1 is 0.269 bits per heavy atom. The number of carbonyl (C=O) groups excluding carboxylic acids is 4. The maximum Gasteiger partial charge on any atom is 0.472 e. The van der Waals surface area contributed by atoms with Gasteiger partial charge in [-0.3, -0.25) is 37.3 Å². The smallest absolute Gasteiger partial charge is 0.462 e. The van der Waals surface area contributed by atoms with Crippen molar-refractivity contribution in [1.29, 1.82) is 0 Å². The van der Waals surface area contributed by atoms with Gasteiger partial charge in [0.05, 0.1) is 26.4 Å². The summed E-state index contributed by atoms with van der Waals surface area (Å²) >= 11 is 0. The van der Waals surface area contributed by atoms with Gasteiger partial charge in [0.1, 0.15) is 19.3 Å². The van der Waals surface area contributed by atoms with Crippen LogP contribution in [0.25, 0.3) is 0 Å². The third-order valence-electron chi connectivity index (χ3n) is 21.6. The lowest BCUT2D eigenvalue weighted by molar-refractivity contribution is -0.161. The van der Waals surface area contributed by atoms with E-state index in [1.165, 1.54) is 276 Å². The number of carbonyl (C=O) groups is 4. The Balaban J connectivity index is 5.22. The molecule has 0 fully saturated rings. The first-order chi connectivity index (χ1) is 52.3. The molecule has 0 amide bonds. The molecule has 108 heavy (non-hydrogen) atoms. The van der Waals surface area contributed by atoms with Crippen LogP contribution in [0.2, 0.25) is 0 Å². The van der Waals surface area contributed by atoms with Crippen molar-refractivity contribution in [2.24, 2.45) is 17.8 Å². The predicted molar refractivity (Wildman–Crippen MR) is 446 cm³/mol. The van der Waals surface area contributed by atoms with Crippen molar-refractivity contribution in [3.8, 4) is 0 Å². The summed E-state index contributed by atoms with van der Waals surface area (Å²) in [6.07, 6.45) is 70.9. The van der Waals surface area contributed by atoms with Gasteiger partial charge in [0.2, 0.25) is 0 Å². The minimum Gasteiger partial charge on any atom is -0.462 e. The first kappa shape index (κ1) is 106. The van der Waals surface area contributed by atoms with Crippen molar-refractivity contribution in [1.82, 2.24) is 0 Å². The molecule has 0 saturated heterocycles. The lowest BCUT2D eigenvalue weighted by Crippen LogP contribution is -2.30. The van der Waals surface area contributed by atoms with Gasteiger partial charge in [-0.1, -0.05) is 421 Å². The summed E-state index contributed by atoms with van der Waals surface area (Å²) in [6.45, 7) is 12.1. The summed E-state index contributed by atoms with van der Waals surface area (Å²) < 4.78 is 69.0. The molecular formula is C89H174O17P2. The molecule has 0 aromatic carbocycles.